The van der Waals surface area contributed by atoms with Crippen molar-refractivity contribution in [1.29, 1.82) is 0 Å². The predicted octanol–water partition coefficient (Wildman–Crippen LogP) is 1.40. The lowest BCUT2D eigenvalue weighted by Gasteiger charge is -2.12. The highest BCUT2D eigenvalue weighted by Crippen LogP contribution is 2.30. The lowest BCUT2D eigenvalue weighted by molar-refractivity contribution is 0.196. The summed E-state index contributed by atoms with van der Waals surface area (Å²) in [5, 5.41) is 18.8. The normalized spacial score (nSPS) is 10.2. The van der Waals surface area contributed by atoms with E-state index >= 15 is 0 Å². The first-order valence-electron chi connectivity index (χ1n) is 5.97. The average Bonchev–Trinajstić information content (AvgIpc) is 2.96. The van der Waals surface area contributed by atoms with E-state index in [0.717, 1.165) is 11.4 Å². The summed E-state index contributed by atoms with van der Waals surface area (Å²) in [6, 6.07) is 7.47. The molecule has 0 bridgehead atoms. The van der Waals surface area contributed by atoms with Crippen molar-refractivity contribution in [2.45, 2.75) is 6.54 Å². The lowest BCUT2D eigenvalue weighted by Crippen LogP contribution is -2.04. The van der Waals surface area contributed by atoms with Gasteiger partial charge in [0.1, 0.15) is 6.61 Å². The van der Waals surface area contributed by atoms with Gasteiger partial charge in [-0.15, -0.1) is 0 Å². The Kier molecular flexibility index (Phi) is 4.63. The number of methoxy groups -OCH3 is 1. The Morgan fingerprint density at radius 2 is 2.21 bits per heavy atom. The number of nitrogens with zero attached hydrogens (tertiary/aromatic N) is 1. The van der Waals surface area contributed by atoms with Crippen LogP contribution < -0.4 is 14.8 Å². The molecule has 0 spiro atoms. The number of aromatic amines is 1. The number of rotatable bonds is 7. The molecular weight excluding hydrogens is 246 g/mol. The number of ether oxygens (including phenoxy) is 2. The first-order chi connectivity index (χ1) is 9.33. The topological polar surface area (TPSA) is 79.4 Å². The summed E-state index contributed by atoms with van der Waals surface area (Å²) in [7, 11) is 1.58. The minimum Gasteiger partial charge on any atom is -0.493 e. The number of benzene rings is 1. The fraction of sp³-hybridized carbons (Fsp3) is 0.308. The van der Waals surface area contributed by atoms with E-state index in [1.165, 1.54) is 0 Å². The third kappa shape index (κ3) is 3.62. The summed E-state index contributed by atoms with van der Waals surface area (Å²) in [5.74, 6) is 1.24. The lowest BCUT2D eigenvalue weighted by atomic mass is 10.2. The van der Waals surface area contributed by atoms with Crippen LogP contribution in [-0.4, -0.2) is 35.6 Å². The molecule has 0 radical (unpaired) electrons. The fourth-order valence-corrected chi connectivity index (χ4v) is 1.64. The zero-order chi connectivity index (χ0) is 13.5. The van der Waals surface area contributed by atoms with Gasteiger partial charge in [-0.25, -0.2) is 0 Å². The quantitative estimate of drug-likeness (QED) is 0.703. The highest BCUT2D eigenvalue weighted by atomic mass is 16.5. The number of hydrogen-bond donors (Lipinski definition) is 3. The van der Waals surface area contributed by atoms with E-state index in [4.69, 9.17) is 14.6 Å². The molecule has 102 valence electrons. The molecule has 0 saturated heterocycles. The Balaban J connectivity index is 2.04. The van der Waals surface area contributed by atoms with Crippen LogP contribution in [0, 0.1) is 0 Å². The van der Waals surface area contributed by atoms with Crippen molar-refractivity contribution < 1.29 is 14.6 Å². The molecular formula is C13H17N3O3. The maximum Gasteiger partial charge on any atom is 0.163 e. The Labute approximate surface area is 111 Å². The highest BCUT2D eigenvalue weighted by Gasteiger charge is 2.05. The standard InChI is InChI=1S/C13H17N3O3/c1-18-12-3-2-10(8-13(12)19-7-6-17)14-9-11-4-5-15-16-11/h2-5,8,14,17H,6-7,9H2,1H3,(H,15,16). The summed E-state index contributed by atoms with van der Waals surface area (Å²) in [6.07, 6.45) is 1.71. The van der Waals surface area contributed by atoms with Gasteiger partial charge < -0.3 is 19.9 Å². The van der Waals surface area contributed by atoms with Crippen molar-refractivity contribution in [2.75, 3.05) is 25.6 Å². The molecule has 2 aromatic rings. The molecule has 2 rings (SSSR count). The summed E-state index contributed by atoms with van der Waals surface area (Å²) in [5.41, 5.74) is 1.90. The van der Waals surface area contributed by atoms with E-state index in [2.05, 4.69) is 15.5 Å². The van der Waals surface area contributed by atoms with Crippen molar-refractivity contribution in [2.24, 2.45) is 0 Å². The van der Waals surface area contributed by atoms with Crippen molar-refractivity contribution in [3.8, 4) is 11.5 Å². The molecule has 0 unspecified atom stereocenters. The zero-order valence-electron chi connectivity index (χ0n) is 10.7. The smallest absolute Gasteiger partial charge is 0.163 e. The average molecular weight is 263 g/mol. The molecule has 1 aromatic heterocycles. The number of anilines is 1. The van der Waals surface area contributed by atoms with Gasteiger partial charge in [0, 0.05) is 18.0 Å². The van der Waals surface area contributed by atoms with Crippen LogP contribution in [0.3, 0.4) is 0 Å². The van der Waals surface area contributed by atoms with Crippen molar-refractivity contribution in [3.63, 3.8) is 0 Å². The third-order valence-electron chi connectivity index (χ3n) is 2.55. The molecule has 0 atom stereocenters. The summed E-state index contributed by atoms with van der Waals surface area (Å²) >= 11 is 0. The van der Waals surface area contributed by atoms with Gasteiger partial charge in [0.05, 0.1) is 26.0 Å². The van der Waals surface area contributed by atoms with E-state index in [9.17, 15) is 0 Å². The number of H-pyrrole nitrogens is 1. The Bertz CT molecular complexity index is 500. The van der Waals surface area contributed by atoms with Gasteiger partial charge in [0.15, 0.2) is 11.5 Å². The molecule has 1 heterocycles. The molecule has 0 aliphatic heterocycles. The predicted molar refractivity (Wildman–Crippen MR) is 71.5 cm³/mol. The van der Waals surface area contributed by atoms with Gasteiger partial charge in [-0.1, -0.05) is 0 Å². The molecule has 0 aliphatic carbocycles. The van der Waals surface area contributed by atoms with Gasteiger partial charge in [-0.2, -0.15) is 5.10 Å². The Morgan fingerprint density at radius 1 is 1.32 bits per heavy atom. The van der Waals surface area contributed by atoms with Crippen LogP contribution in [0.2, 0.25) is 0 Å². The molecule has 0 fully saturated rings. The number of nitrogens with one attached hydrogen (secondary N) is 2. The van der Waals surface area contributed by atoms with Gasteiger partial charge >= 0.3 is 0 Å². The van der Waals surface area contributed by atoms with Gasteiger partial charge in [0.25, 0.3) is 0 Å². The van der Waals surface area contributed by atoms with Crippen LogP contribution in [0.25, 0.3) is 0 Å². The molecule has 6 heteroatoms. The summed E-state index contributed by atoms with van der Waals surface area (Å²) in [6.45, 7) is 0.848. The second kappa shape index (κ2) is 6.65. The highest BCUT2D eigenvalue weighted by molar-refractivity contribution is 5.54. The van der Waals surface area contributed by atoms with Crippen LogP contribution in [0.15, 0.2) is 30.5 Å². The van der Waals surface area contributed by atoms with Gasteiger partial charge in [-0.05, 0) is 18.2 Å². The van der Waals surface area contributed by atoms with Crippen LogP contribution in [0.5, 0.6) is 11.5 Å². The van der Waals surface area contributed by atoms with E-state index in [-0.39, 0.29) is 13.2 Å². The van der Waals surface area contributed by atoms with E-state index in [1.807, 2.05) is 24.3 Å². The number of aromatic nitrogens is 2. The largest absolute Gasteiger partial charge is 0.493 e. The molecule has 19 heavy (non-hydrogen) atoms. The van der Waals surface area contributed by atoms with Crippen LogP contribution in [-0.2, 0) is 6.54 Å². The minimum atomic E-state index is -0.0328. The zero-order valence-corrected chi connectivity index (χ0v) is 10.7. The first-order valence-corrected chi connectivity index (χ1v) is 5.97. The minimum absolute atomic E-state index is 0.0328. The molecule has 0 saturated carbocycles. The molecule has 0 aliphatic rings. The Morgan fingerprint density at radius 3 is 2.89 bits per heavy atom. The number of hydrogen-bond acceptors (Lipinski definition) is 5. The fourth-order valence-electron chi connectivity index (χ4n) is 1.64. The number of aliphatic hydroxyl groups is 1. The maximum absolute atomic E-state index is 8.80. The van der Waals surface area contributed by atoms with Crippen molar-refractivity contribution in [3.05, 3.63) is 36.2 Å². The van der Waals surface area contributed by atoms with Crippen LogP contribution in [0.1, 0.15) is 5.69 Å². The van der Waals surface area contributed by atoms with Gasteiger partial charge in [-0.3, -0.25) is 5.10 Å². The van der Waals surface area contributed by atoms with E-state index in [1.54, 1.807) is 13.3 Å². The molecule has 1 aromatic carbocycles. The Hall–Kier alpha value is -2.21. The van der Waals surface area contributed by atoms with E-state index in [0.29, 0.717) is 18.0 Å². The second-order valence-corrected chi connectivity index (χ2v) is 3.87. The maximum atomic E-state index is 8.80. The molecule has 6 nitrogen and oxygen atoms in total. The monoisotopic (exact) mass is 263 g/mol. The first kappa shape index (κ1) is 13.2. The summed E-state index contributed by atoms with van der Waals surface area (Å²) < 4.78 is 10.6. The summed E-state index contributed by atoms with van der Waals surface area (Å²) in [4.78, 5) is 0. The SMILES string of the molecule is COc1ccc(NCc2ccn[nH]2)cc1OCCO. The van der Waals surface area contributed by atoms with Crippen LogP contribution >= 0.6 is 0 Å². The molecule has 0 amide bonds. The van der Waals surface area contributed by atoms with Gasteiger partial charge in [0.2, 0.25) is 0 Å². The number of aliphatic hydroxyl groups excluding tert-OH is 1. The van der Waals surface area contributed by atoms with E-state index < -0.39 is 0 Å². The van der Waals surface area contributed by atoms with Crippen LogP contribution in [0.4, 0.5) is 5.69 Å². The van der Waals surface area contributed by atoms with Crippen molar-refractivity contribution >= 4 is 5.69 Å². The second-order valence-electron chi connectivity index (χ2n) is 3.87. The van der Waals surface area contributed by atoms with Crippen molar-refractivity contribution in [1.82, 2.24) is 10.2 Å². The third-order valence-corrected chi connectivity index (χ3v) is 2.55. The molecule has 3 N–H and O–H groups in total.